The van der Waals surface area contributed by atoms with Gasteiger partial charge in [-0.1, -0.05) is 6.07 Å². The lowest BCUT2D eigenvalue weighted by Crippen LogP contribution is -2.08. The first-order valence-corrected chi connectivity index (χ1v) is 8.75. The SMILES string of the molecule is Cn1cc(CNc2cc(C#N)nc(OCC3CC3c3ccccn3)n2)cn1. The van der Waals surface area contributed by atoms with Gasteiger partial charge < -0.3 is 10.1 Å². The fourth-order valence-corrected chi connectivity index (χ4v) is 2.96. The molecule has 27 heavy (non-hydrogen) atoms. The second kappa shape index (κ2) is 7.41. The number of rotatable bonds is 7. The van der Waals surface area contributed by atoms with E-state index in [-0.39, 0.29) is 11.7 Å². The average molecular weight is 361 g/mol. The van der Waals surface area contributed by atoms with E-state index in [1.807, 2.05) is 37.6 Å². The summed E-state index contributed by atoms with van der Waals surface area (Å²) >= 11 is 0. The largest absolute Gasteiger partial charge is 0.463 e. The Hall–Kier alpha value is -3.47. The molecule has 3 aromatic heterocycles. The van der Waals surface area contributed by atoms with E-state index in [1.54, 1.807) is 16.9 Å². The summed E-state index contributed by atoms with van der Waals surface area (Å²) in [4.78, 5) is 12.9. The minimum atomic E-state index is 0.217. The topological polar surface area (TPSA) is 102 Å². The van der Waals surface area contributed by atoms with Crippen LogP contribution in [0.5, 0.6) is 6.01 Å². The molecule has 0 amide bonds. The predicted molar refractivity (Wildman–Crippen MR) is 97.9 cm³/mol. The summed E-state index contributed by atoms with van der Waals surface area (Å²) in [6.45, 7) is 1.07. The molecule has 1 aliphatic carbocycles. The van der Waals surface area contributed by atoms with E-state index in [0.717, 1.165) is 17.7 Å². The standard InChI is InChI=1S/C19H19N7O/c1-26-11-13(10-23-26)9-22-18-7-15(8-20)24-19(25-18)27-12-14-6-16(14)17-4-2-3-5-21-17/h2-5,7,10-11,14,16H,6,9,12H2,1H3,(H,22,24,25). The maximum absolute atomic E-state index is 9.21. The van der Waals surface area contributed by atoms with Crippen LogP contribution in [0.3, 0.4) is 0 Å². The van der Waals surface area contributed by atoms with Crippen molar-refractivity contribution in [1.82, 2.24) is 24.7 Å². The minimum Gasteiger partial charge on any atom is -0.463 e. The molecule has 0 bridgehead atoms. The van der Waals surface area contributed by atoms with Crippen molar-refractivity contribution >= 4 is 5.82 Å². The molecular weight excluding hydrogens is 342 g/mol. The highest BCUT2D eigenvalue weighted by molar-refractivity contribution is 5.41. The fraction of sp³-hybridized carbons (Fsp3) is 0.316. The van der Waals surface area contributed by atoms with Gasteiger partial charge in [-0.15, -0.1) is 0 Å². The third kappa shape index (κ3) is 4.20. The highest BCUT2D eigenvalue weighted by Gasteiger charge is 2.40. The first kappa shape index (κ1) is 17.0. The van der Waals surface area contributed by atoms with Crippen LogP contribution in [0.2, 0.25) is 0 Å². The summed E-state index contributed by atoms with van der Waals surface area (Å²) < 4.78 is 7.50. The number of anilines is 1. The molecular formula is C19H19N7O. The molecule has 1 N–H and O–H groups in total. The van der Waals surface area contributed by atoms with Gasteiger partial charge in [-0.25, -0.2) is 0 Å². The minimum absolute atomic E-state index is 0.217. The van der Waals surface area contributed by atoms with E-state index in [1.165, 1.54) is 0 Å². The van der Waals surface area contributed by atoms with Crippen LogP contribution < -0.4 is 10.1 Å². The monoisotopic (exact) mass is 361 g/mol. The Bertz CT molecular complexity index is 964. The van der Waals surface area contributed by atoms with E-state index in [4.69, 9.17) is 4.74 Å². The summed E-state index contributed by atoms with van der Waals surface area (Å²) in [6.07, 6.45) is 6.55. The van der Waals surface area contributed by atoms with Crippen molar-refractivity contribution in [3.8, 4) is 12.1 Å². The molecule has 1 fully saturated rings. The molecule has 0 saturated heterocycles. The molecule has 8 nitrogen and oxygen atoms in total. The van der Waals surface area contributed by atoms with Crippen molar-refractivity contribution in [3.05, 3.63) is 59.8 Å². The number of nitrogens with zero attached hydrogens (tertiary/aromatic N) is 6. The number of aryl methyl sites for hydroxylation is 1. The number of ether oxygens (including phenoxy) is 1. The highest BCUT2D eigenvalue weighted by Crippen LogP contribution is 2.46. The average Bonchev–Trinajstić information content (AvgIpc) is 3.37. The quantitative estimate of drug-likeness (QED) is 0.689. The second-order valence-corrected chi connectivity index (χ2v) is 6.58. The maximum Gasteiger partial charge on any atom is 0.319 e. The van der Waals surface area contributed by atoms with Gasteiger partial charge in [0, 0.05) is 55.1 Å². The van der Waals surface area contributed by atoms with Gasteiger partial charge in [0.25, 0.3) is 0 Å². The van der Waals surface area contributed by atoms with Crippen molar-refractivity contribution in [1.29, 1.82) is 5.26 Å². The highest BCUT2D eigenvalue weighted by atomic mass is 16.5. The van der Waals surface area contributed by atoms with Crippen LogP contribution in [0.25, 0.3) is 0 Å². The molecule has 1 saturated carbocycles. The number of hydrogen-bond donors (Lipinski definition) is 1. The lowest BCUT2D eigenvalue weighted by Gasteiger charge is -2.08. The van der Waals surface area contributed by atoms with E-state index in [2.05, 4.69) is 31.4 Å². The number of nitrogens with one attached hydrogen (secondary N) is 1. The third-order valence-corrected chi connectivity index (χ3v) is 4.47. The van der Waals surface area contributed by atoms with Crippen LogP contribution in [0.4, 0.5) is 5.82 Å². The zero-order valence-electron chi connectivity index (χ0n) is 14.9. The van der Waals surface area contributed by atoms with Crippen LogP contribution in [0.1, 0.15) is 29.3 Å². The van der Waals surface area contributed by atoms with Crippen LogP contribution in [-0.4, -0.2) is 31.3 Å². The Labute approximate surface area is 156 Å². The Morgan fingerprint density at radius 1 is 1.37 bits per heavy atom. The fourth-order valence-electron chi connectivity index (χ4n) is 2.96. The van der Waals surface area contributed by atoms with Crippen molar-refractivity contribution in [2.45, 2.75) is 18.9 Å². The summed E-state index contributed by atoms with van der Waals surface area (Å²) in [6, 6.07) is 9.83. The Morgan fingerprint density at radius 3 is 3.04 bits per heavy atom. The van der Waals surface area contributed by atoms with Crippen molar-refractivity contribution < 1.29 is 4.74 Å². The lowest BCUT2D eigenvalue weighted by atomic mass is 10.2. The Kier molecular flexibility index (Phi) is 4.66. The molecule has 4 rings (SSSR count). The number of nitriles is 1. The lowest BCUT2D eigenvalue weighted by molar-refractivity contribution is 0.273. The molecule has 1 aliphatic rings. The molecule has 2 unspecified atom stereocenters. The third-order valence-electron chi connectivity index (χ3n) is 4.47. The summed E-state index contributed by atoms with van der Waals surface area (Å²) in [5, 5.41) is 16.5. The van der Waals surface area contributed by atoms with Gasteiger partial charge in [0.05, 0.1) is 12.8 Å². The normalized spacial score (nSPS) is 17.9. The van der Waals surface area contributed by atoms with Crippen LogP contribution in [0.15, 0.2) is 42.9 Å². The Balaban J connectivity index is 1.37. The Morgan fingerprint density at radius 2 is 2.30 bits per heavy atom. The summed E-state index contributed by atoms with van der Waals surface area (Å²) in [5.41, 5.74) is 2.38. The van der Waals surface area contributed by atoms with Gasteiger partial charge in [0.1, 0.15) is 17.6 Å². The van der Waals surface area contributed by atoms with Crippen LogP contribution in [0, 0.1) is 17.2 Å². The number of hydrogen-bond acceptors (Lipinski definition) is 7. The predicted octanol–water partition coefficient (Wildman–Crippen LogP) is 2.27. The molecule has 3 heterocycles. The van der Waals surface area contributed by atoms with Crippen LogP contribution >= 0.6 is 0 Å². The second-order valence-electron chi connectivity index (χ2n) is 6.58. The zero-order valence-corrected chi connectivity index (χ0v) is 14.9. The van der Waals surface area contributed by atoms with E-state index in [9.17, 15) is 5.26 Å². The van der Waals surface area contributed by atoms with Crippen molar-refractivity contribution in [3.63, 3.8) is 0 Å². The summed E-state index contributed by atoms with van der Waals surface area (Å²) in [5.74, 6) is 1.38. The van der Waals surface area contributed by atoms with E-state index < -0.39 is 0 Å². The van der Waals surface area contributed by atoms with Crippen LogP contribution in [-0.2, 0) is 13.6 Å². The van der Waals surface area contributed by atoms with Gasteiger partial charge in [-0.3, -0.25) is 9.67 Å². The zero-order chi connectivity index (χ0) is 18.6. The first-order valence-electron chi connectivity index (χ1n) is 8.75. The van der Waals surface area contributed by atoms with Gasteiger partial charge in [-0.05, 0) is 18.6 Å². The van der Waals surface area contributed by atoms with Gasteiger partial charge in [0.2, 0.25) is 0 Å². The van der Waals surface area contributed by atoms with Crippen molar-refractivity contribution in [2.24, 2.45) is 13.0 Å². The van der Waals surface area contributed by atoms with E-state index >= 15 is 0 Å². The molecule has 2 atom stereocenters. The molecule has 3 aromatic rings. The first-order chi connectivity index (χ1) is 13.2. The summed E-state index contributed by atoms with van der Waals surface area (Å²) in [7, 11) is 1.87. The van der Waals surface area contributed by atoms with E-state index in [0.29, 0.717) is 30.8 Å². The van der Waals surface area contributed by atoms with Gasteiger partial charge >= 0.3 is 6.01 Å². The molecule has 0 spiro atoms. The molecule has 136 valence electrons. The van der Waals surface area contributed by atoms with Gasteiger partial charge in [0.15, 0.2) is 0 Å². The molecule has 8 heteroatoms. The number of aromatic nitrogens is 5. The molecule has 0 aromatic carbocycles. The molecule has 0 radical (unpaired) electrons. The maximum atomic E-state index is 9.21. The smallest absolute Gasteiger partial charge is 0.319 e. The molecule has 0 aliphatic heterocycles. The van der Waals surface area contributed by atoms with Gasteiger partial charge in [-0.2, -0.15) is 20.3 Å². The van der Waals surface area contributed by atoms with Crippen molar-refractivity contribution in [2.75, 3.05) is 11.9 Å². The number of pyridine rings is 1.